The van der Waals surface area contributed by atoms with Gasteiger partial charge < -0.3 is 0 Å². The van der Waals surface area contributed by atoms with Gasteiger partial charge in [-0.3, -0.25) is 0 Å². The van der Waals surface area contributed by atoms with Crippen LogP contribution in [0.15, 0.2) is 24.3 Å². The molecule has 1 aromatic carbocycles. The first-order chi connectivity index (χ1) is 6.59. The van der Waals surface area contributed by atoms with Crippen LogP contribution in [-0.4, -0.2) is 0 Å². The summed E-state index contributed by atoms with van der Waals surface area (Å²) < 4.78 is 0. The van der Waals surface area contributed by atoms with E-state index in [9.17, 15) is 0 Å². The molecule has 1 unspecified atom stereocenters. The number of halogens is 1. The van der Waals surface area contributed by atoms with Crippen LogP contribution in [0.5, 0.6) is 0 Å². The summed E-state index contributed by atoms with van der Waals surface area (Å²) in [6.07, 6.45) is 2.36. The van der Waals surface area contributed by atoms with Crippen LogP contribution >= 0.6 is 11.6 Å². The Kier molecular flexibility index (Phi) is 4.47. The number of rotatable bonds is 4. The van der Waals surface area contributed by atoms with Crippen molar-refractivity contribution >= 4 is 11.6 Å². The van der Waals surface area contributed by atoms with E-state index < -0.39 is 0 Å². The maximum absolute atomic E-state index is 6.10. The molecule has 1 rings (SSSR count). The summed E-state index contributed by atoms with van der Waals surface area (Å²) in [6.45, 7) is 6.83. The quantitative estimate of drug-likeness (QED) is 0.683. The van der Waals surface area contributed by atoms with Crippen molar-refractivity contribution in [1.82, 2.24) is 0 Å². The normalized spacial score (nSPS) is 13.2. The highest BCUT2D eigenvalue weighted by Gasteiger charge is 2.07. The fourth-order valence-corrected chi connectivity index (χ4v) is 2.14. The van der Waals surface area contributed by atoms with Crippen molar-refractivity contribution in [2.24, 2.45) is 11.8 Å². The fraction of sp³-hybridized carbons (Fsp3) is 0.538. The third kappa shape index (κ3) is 3.71. The first kappa shape index (κ1) is 11.6. The van der Waals surface area contributed by atoms with Gasteiger partial charge >= 0.3 is 0 Å². The van der Waals surface area contributed by atoms with Crippen molar-refractivity contribution in [3.63, 3.8) is 0 Å². The van der Waals surface area contributed by atoms with Crippen LogP contribution in [0.1, 0.15) is 32.8 Å². The minimum atomic E-state index is 0.717. The minimum Gasteiger partial charge on any atom is -0.0840 e. The summed E-state index contributed by atoms with van der Waals surface area (Å²) >= 11 is 6.10. The van der Waals surface area contributed by atoms with Gasteiger partial charge in [0.2, 0.25) is 0 Å². The van der Waals surface area contributed by atoms with Gasteiger partial charge in [0.05, 0.1) is 0 Å². The Morgan fingerprint density at radius 1 is 1.14 bits per heavy atom. The van der Waals surface area contributed by atoms with E-state index in [-0.39, 0.29) is 0 Å². The largest absolute Gasteiger partial charge is 0.0840 e. The van der Waals surface area contributed by atoms with Gasteiger partial charge in [-0.05, 0) is 36.3 Å². The van der Waals surface area contributed by atoms with Gasteiger partial charge in [0.25, 0.3) is 0 Å². The Balaban J connectivity index is 2.56. The van der Waals surface area contributed by atoms with Crippen LogP contribution < -0.4 is 0 Å². The Morgan fingerprint density at radius 3 is 2.36 bits per heavy atom. The van der Waals surface area contributed by atoms with E-state index in [4.69, 9.17) is 11.6 Å². The molecule has 1 aromatic rings. The molecule has 0 fully saturated rings. The zero-order valence-corrected chi connectivity index (χ0v) is 10.0. The second-order valence-electron chi connectivity index (χ2n) is 4.53. The molecular formula is C13H19Cl. The Hall–Kier alpha value is -0.490. The average molecular weight is 211 g/mol. The van der Waals surface area contributed by atoms with E-state index in [1.54, 1.807) is 0 Å². The van der Waals surface area contributed by atoms with Gasteiger partial charge in [-0.25, -0.2) is 0 Å². The topological polar surface area (TPSA) is 0 Å². The second kappa shape index (κ2) is 5.41. The van der Waals surface area contributed by atoms with Crippen molar-refractivity contribution in [3.05, 3.63) is 34.9 Å². The molecule has 0 spiro atoms. The predicted molar refractivity (Wildman–Crippen MR) is 63.8 cm³/mol. The highest BCUT2D eigenvalue weighted by atomic mass is 35.5. The van der Waals surface area contributed by atoms with E-state index in [2.05, 4.69) is 32.9 Å². The number of hydrogen-bond donors (Lipinski definition) is 0. The van der Waals surface area contributed by atoms with Crippen LogP contribution in [0, 0.1) is 11.8 Å². The van der Waals surface area contributed by atoms with Crippen molar-refractivity contribution in [2.45, 2.75) is 33.6 Å². The van der Waals surface area contributed by atoms with Crippen LogP contribution in [0.2, 0.25) is 5.02 Å². The molecular weight excluding hydrogens is 192 g/mol. The molecule has 0 heterocycles. The molecule has 1 heteroatoms. The second-order valence-corrected chi connectivity index (χ2v) is 4.94. The lowest BCUT2D eigenvalue weighted by Gasteiger charge is -2.14. The van der Waals surface area contributed by atoms with Crippen LogP contribution in [0.3, 0.4) is 0 Å². The fourth-order valence-electron chi connectivity index (χ4n) is 1.93. The summed E-state index contributed by atoms with van der Waals surface area (Å²) in [5.41, 5.74) is 1.28. The lowest BCUT2D eigenvalue weighted by Crippen LogP contribution is -2.04. The molecule has 0 saturated carbocycles. The molecule has 0 aromatic heterocycles. The van der Waals surface area contributed by atoms with Gasteiger partial charge in [0.15, 0.2) is 0 Å². The molecule has 14 heavy (non-hydrogen) atoms. The van der Waals surface area contributed by atoms with E-state index in [0.29, 0.717) is 0 Å². The van der Waals surface area contributed by atoms with Gasteiger partial charge in [0.1, 0.15) is 0 Å². The highest BCUT2D eigenvalue weighted by Crippen LogP contribution is 2.21. The van der Waals surface area contributed by atoms with E-state index in [1.165, 1.54) is 12.0 Å². The average Bonchev–Trinajstić information content (AvgIpc) is 2.07. The number of benzene rings is 1. The van der Waals surface area contributed by atoms with Gasteiger partial charge in [-0.1, -0.05) is 50.6 Å². The molecule has 0 aliphatic carbocycles. The first-order valence-corrected chi connectivity index (χ1v) is 5.70. The summed E-state index contributed by atoms with van der Waals surface area (Å²) in [4.78, 5) is 0. The van der Waals surface area contributed by atoms with Crippen molar-refractivity contribution in [1.29, 1.82) is 0 Å². The SMILES string of the molecule is CC(C)CC(C)Cc1ccccc1Cl. The third-order valence-electron chi connectivity index (χ3n) is 2.40. The van der Waals surface area contributed by atoms with E-state index in [1.807, 2.05) is 12.1 Å². The minimum absolute atomic E-state index is 0.717. The molecule has 0 aliphatic heterocycles. The zero-order valence-electron chi connectivity index (χ0n) is 9.26. The number of hydrogen-bond acceptors (Lipinski definition) is 0. The molecule has 0 amide bonds. The molecule has 0 bridgehead atoms. The Labute approximate surface area is 92.3 Å². The van der Waals surface area contributed by atoms with Gasteiger partial charge in [-0.15, -0.1) is 0 Å². The Morgan fingerprint density at radius 2 is 1.79 bits per heavy atom. The zero-order chi connectivity index (χ0) is 10.6. The van der Waals surface area contributed by atoms with Crippen molar-refractivity contribution in [3.8, 4) is 0 Å². The van der Waals surface area contributed by atoms with Crippen molar-refractivity contribution in [2.75, 3.05) is 0 Å². The highest BCUT2D eigenvalue weighted by molar-refractivity contribution is 6.31. The van der Waals surface area contributed by atoms with Crippen LogP contribution in [0.4, 0.5) is 0 Å². The van der Waals surface area contributed by atoms with Crippen molar-refractivity contribution < 1.29 is 0 Å². The summed E-state index contributed by atoms with van der Waals surface area (Å²) in [7, 11) is 0. The van der Waals surface area contributed by atoms with Crippen LogP contribution in [0.25, 0.3) is 0 Å². The molecule has 0 aliphatic rings. The molecule has 1 atom stereocenters. The van der Waals surface area contributed by atoms with E-state index in [0.717, 1.165) is 23.3 Å². The first-order valence-electron chi connectivity index (χ1n) is 5.33. The third-order valence-corrected chi connectivity index (χ3v) is 2.77. The maximum Gasteiger partial charge on any atom is 0.0438 e. The van der Waals surface area contributed by atoms with Gasteiger partial charge in [-0.2, -0.15) is 0 Å². The lowest BCUT2D eigenvalue weighted by molar-refractivity contribution is 0.437. The summed E-state index contributed by atoms with van der Waals surface area (Å²) in [5.74, 6) is 1.49. The molecule has 0 N–H and O–H groups in total. The Bertz CT molecular complexity index is 278. The smallest absolute Gasteiger partial charge is 0.0438 e. The van der Waals surface area contributed by atoms with Gasteiger partial charge in [0, 0.05) is 5.02 Å². The molecule has 0 saturated heterocycles. The molecule has 0 nitrogen and oxygen atoms in total. The predicted octanol–water partition coefficient (Wildman–Crippen LogP) is 4.56. The van der Waals surface area contributed by atoms with Crippen LogP contribution in [-0.2, 0) is 6.42 Å². The molecule has 0 radical (unpaired) electrons. The lowest BCUT2D eigenvalue weighted by atomic mass is 9.93. The maximum atomic E-state index is 6.10. The summed E-state index contributed by atoms with van der Waals surface area (Å²) in [6, 6.07) is 8.14. The van der Waals surface area contributed by atoms with E-state index >= 15 is 0 Å². The standard InChI is InChI=1S/C13H19Cl/c1-10(2)8-11(3)9-12-6-4-5-7-13(12)14/h4-7,10-11H,8-9H2,1-3H3. The summed E-state index contributed by atoms with van der Waals surface area (Å²) in [5, 5.41) is 0.906. The molecule has 78 valence electrons. The monoisotopic (exact) mass is 210 g/mol.